The average molecular weight is 375 g/mol. The Hall–Kier alpha value is -3.00. The number of nitrogens with one attached hydrogen (secondary N) is 2. The Morgan fingerprint density at radius 2 is 1.93 bits per heavy atom. The largest absolute Gasteiger partial charge is 0.495 e. The SMILES string of the molecule is COC(=O)c1ccc(OC)c(NC(=O)NC[C@@H](c2ccc(C)o2)N(C)C)c1. The molecule has 2 N–H and O–H groups in total. The second-order valence-corrected chi connectivity index (χ2v) is 6.17. The summed E-state index contributed by atoms with van der Waals surface area (Å²) in [5, 5.41) is 5.51. The van der Waals surface area contributed by atoms with E-state index >= 15 is 0 Å². The number of anilines is 1. The van der Waals surface area contributed by atoms with Crippen LogP contribution in [0.3, 0.4) is 0 Å². The number of rotatable bonds is 7. The minimum atomic E-state index is -0.498. The maximum absolute atomic E-state index is 12.4. The number of urea groups is 1. The van der Waals surface area contributed by atoms with Crippen molar-refractivity contribution in [1.29, 1.82) is 0 Å². The topological polar surface area (TPSA) is 93.0 Å². The van der Waals surface area contributed by atoms with Crippen LogP contribution in [0.1, 0.15) is 27.9 Å². The standard InChI is InChI=1S/C19H25N3O5/c1-12-6-8-17(27-12)15(22(2)3)11-20-19(24)21-14-10-13(18(23)26-5)7-9-16(14)25-4/h6-10,15H,11H2,1-5H3,(H2,20,21,24)/t15-/m0/s1. The van der Waals surface area contributed by atoms with E-state index in [1.807, 2.05) is 38.1 Å². The van der Waals surface area contributed by atoms with Crippen molar-refractivity contribution in [2.45, 2.75) is 13.0 Å². The summed E-state index contributed by atoms with van der Waals surface area (Å²) in [7, 11) is 6.59. The van der Waals surface area contributed by atoms with Gasteiger partial charge in [-0.25, -0.2) is 9.59 Å². The lowest BCUT2D eigenvalue weighted by atomic mass is 10.2. The van der Waals surface area contributed by atoms with Crippen molar-refractivity contribution in [3.05, 3.63) is 47.4 Å². The number of aryl methyl sites for hydroxylation is 1. The summed E-state index contributed by atoms with van der Waals surface area (Å²) in [6.07, 6.45) is 0. The second kappa shape index (κ2) is 9.09. The van der Waals surface area contributed by atoms with Gasteiger partial charge in [-0.1, -0.05) is 0 Å². The van der Waals surface area contributed by atoms with Gasteiger partial charge in [0.05, 0.1) is 31.5 Å². The number of furan rings is 1. The minimum Gasteiger partial charge on any atom is -0.495 e. The highest BCUT2D eigenvalue weighted by Crippen LogP contribution is 2.26. The highest BCUT2D eigenvalue weighted by atomic mass is 16.5. The van der Waals surface area contributed by atoms with Crippen LogP contribution in [0, 0.1) is 6.92 Å². The highest BCUT2D eigenvalue weighted by molar-refractivity contribution is 5.95. The molecule has 8 heteroatoms. The van der Waals surface area contributed by atoms with E-state index in [2.05, 4.69) is 10.6 Å². The Morgan fingerprint density at radius 1 is 1.19 bits per heavy atom. The number of hydrogen-bond acceptors (Lipinski definition) is 6. The molecule has 2 rings (SSSR count). The van der Waals surface area contributed by atoms with Crippen molar-refractivity contribution in [3.63, 3.8) is 0 Å². The van der Waals surface area contributed by atoms with E-state index in [1.165, 1.54) is 20.3 Å². The Labute approximate surface area is 158 Å². The molecule has 1 heterocycles. The molecule has 27 heavy (non-hydrogen) atoms. The maximum Gasteiger partial charge on any atom is 0.337 e. The molecule has 0 bridgehead atoms. The second-order valence-electron chi connectivity index (χ2n) is 6.17. The molecule has 146 valence electrons. The number of ether oxygens (including phenoxy) is 2. The van der Waals surface area contributed by atoms with Gasteiger partial charge in [-0.2, -0.15) is 0 Å². The van der Waals surface area contributed by atoms with E-state index in [-0.39, 0.29) is 6.04 Å². The molecule has 0 saturated heterocycles. The smallest absolute Gasteiger partial charge is 0.337 e. The Balaban J connectivity index is 2.07. The van der Waals surface area contributed by atoms with Gasteiger partial charge < -0.3 is 24.5 Å². The van der Waals surface area contributed by atoms with Crippen LogP contribution < -0.4 is 15.4 Å². The average Bonchev–Trinajstić information content (AvgIpc) is 3.06. The molecule has 0 aliphatic heterocycles. The van der Waals surface area contributed by atoms with Gasteiger partial charge in [0.15, 0.2) is 0 Å². The summed E-state index contributed by atoms with van der Waals surface area (Å²) in [4.78, 5) is 26.0. The van der Waals surface area contributed by atoms with Gasteiger partial charge >= 0.3 is 12.0 Å². The van der Waals surface area contributed by atoms with Crippen LogP contribution >= 0.6 is 0 Å². The summed E-state index contributed by atoms with van der Waals surface area (Å²) in [6, 6.07) is 7.89. The fourth-order valence-electron chi connectivity index (χ4n) is 2.58. The summed E-state index contributed by atoms with van der Waals surface area (Å²) >= 11 is 0. The third-order valence-electron chi connectivity index (χ3n) is 4.04. The van der Waals surface area contributed by atoms with Crippen molar-refractivity contribution in [2.24, 2.45) is 0 Å². The lowest BCUT2D eigenvalue weighted by Crippen LogP contribution is -2.36. The zero-order chi connectivity index (χ0) is 20.0. The van der Waals surface area contributed by atoms with Crippen molar-refractivity contribution in [1.82, 2.24) is 10.2 Å². The van der Waals surface area contributed by atoms with Crippen LogP contribution in [-0.2, 0) is 4.74 Å². The number of carbonyl (C=O) groups is 2. The molecule has 1 aromatic heterocycles. The number of amides is 2. The Morgan fingerprint density at radius 3 is 2.48 bits per heavy atom. The van der Waals surface area contributed by atoms with Gasteiger partial charge in [0.25, 0.3) is 0 Å². The van der Waals surface area contributed by atoms with Crippen molar-refractivity contribution in [3.8, 4) is 5.75 Å². The molecule has 0 aliphatic carbocycles. The maximum atomic E-state index is 12.4. The van der Waals surface area contributed by atoms with Gasteiger partial charge in [-0.05, 0) is 51.4 Å². The predicted octanol–water partition coefficient (Wildman–Crippen LogP) is 2.81. The first kappa shape index (κ1) is 20.3. The van der Waals surface area contributed by atoms with Gasteiger partial charge in [-0.15, -0.1) is 0 Å². The zero-order valence-corrected chi connectivity index (χ0v) is 16.2. The molecular weight excluding hydrogens is 350 g/mol. The van der Waals surface area contributed by atoms with E-state index in [9.17, 15) is 9.59 Å². The first-order chi connectivity index (χ1) is 12.8. The van der Waals surface area contributed by atoms with Gasteiger partial charge in [0.2, 0.25) is 0 Å². The first-order valence-electron chi connectivity index (χ1n) is 8.39. The van der Waals surface area contributed by atoms with Crippen LogP contribution in [-0.4, -0.2) is 51.8 Å². The zero-order valence-electron chi connectivity index (χ0n) is 16.2. The summed E-state index contributed by atoms with van der Waals surface area (Å²) in [5.41, 5.74) is 0.680. The van der Waals surface area contributed by atoms with Crippen molar-refractivity contribution >= 4 is 17.7 Å². The van der Waals surface area contributed by atoms with E-state index in [4.69, 9.17) is 13.9 Å². The van der Waals surface area contributed by atoms with E-state index < -0.39 is 12.0 Å². The number of carbonyl (C=O) groups excluding carboxylic acids is 2. The highest BCUT2D eigenvalue weighted by Gasteiger charge is 2.19. The van der Waals surface area contributed by atoms with E-state index in [0.717, 1.165) is 11.5 Å². The molecule has 0 saturated carbocycles. The normalized spacial score (nSPS) is 11.8. The lowest BCUT2D eigenvalue weighted by molar-refractivity contribution is 0.0600. The number of nitrogens with zero attached hydrogens (tertiary/aromatic N) is 1. The Bertz CT molecular complexity index is 800. The molecule has 0 spiro atoms. The third-order valence-corrected chi connectivity index (χ3v) is 4.04. The Kier molecular flexibility index (Phi) is 6.84. The molecule has 8 nitrogen and oxygen atoms in total. The lowest BCUT2D eigenvalue weighted by Gasteiger charge is -2.23. The summed E-state index contributed by atoms with van der Waals surface area (Å²) in [6.45, 7) is 2.21. The van der Waals surface area contributed by atoms with Crippen molar-refractivity contribution < 1.29 is 23.5 Å². The quantitative estimate of drug-likeness (QED) is 0.723. The van der Waals surface area contributed by atoms with Gasteiger partial charge in [0, 0.05) is 6.54 Å². The number of likely N-dealkylation sites (N-methyl/N-ethyl adjacent to an activating group) is 1. The number of methoxy groups -OCH3 is 2. The minimum absolute atomic E-state index is 0.118. The van der Waals surface area contributed by atoms with Crippen molar-refractivity contribution in [2.75, 3.05) is 40.2 Å². The molecule has 0 aliphatic rings. The molecule has 0 unspecified atom stereocenters. The van der Waals surface area contributed by atoms with Gasteiger partial charge in [-0.3, -0.25) is 4.90 Å². The van der Waals surface area contributed by atoms with E-state index in [1.54, 1.807) is 12.1 Å². The monoisotopic (exact) mass is 375 g/mol. The summed E-state index contributed by atoms with van der Waals surface area (Å²) in [5.74, 6) is 1.51. The van der Waals surface area contributed by atoms with Crippen LogP contribution in [0.5, 0.6) is 5.75 Å². The predicted molar refractivity (Wildman–Crippen MR) is 101 cm³/mol. The molecule has 1 atom stereocenters. The van der Waals surface area contributed by atoms with Crippen LogP contribution in [0.4, 0.5) is 10.5 Å². The molecule has 0 fully saturated rings. The molecule has 2 aromatic rings. The third kappa shape index (κ3) is 5.24. The van der Waals surface area contributed by atoms with Gasteiger partial charge in [0.1, 0.15) is 17.3 Å². The fourth-order valence-corrected chi connectivity index (χ4v) is 2.58. The van der Waals surface area contributed by atoms with Crippen LogP contribution in [0.25, 0.3) is 0 Å². The van der Waals surface area contributed by atoms with Crippen LogP contribution in [0.2, 0.25) is 0 Å². The fraction of sp³-hybridized carbons (Fsp3) is 0.368. The molecular formula is C19H25N3O5. The van der Waals surface area contributed by atoms with E-state index in [0.29, 0.717) is 23.5 Å². The number of esters is 1. The molecule has 0 radical (unpaired) electrons. The molecule has 1 aromatic carbocycles. The number of hydrogen-bond donors (Lipinski definition) is 2. The van der Waals surface area contributed by atoms with Crippen LogP contribution in [0.15, 0.2) is 34.7 Å². The number of benzene rings is 1. The molecule has 2 amide bonds. The first-order valence-corrected chi connectivity index (χ1v) is 8.39. The summed E-state index contributed by atoms with van der Waals surface area (Å²) < 4.78 is 15.6.